The van der Waals surface area contributed by atoms with Crippen molar-refractivity contribution in [2.45, 2.75) is 51.4 Å². The summed E-state index contributed by atoms with van der Waals surface area (Å²) in [6.45, 7) is 5.35. The van der Waals surface area contributed by atoms with Crippen LogP contribution in [0.1, 0.15) is 33.6 Å². The number of aliphatic carboxylic acids is 1. The molecule has 0 saturated carbocycles. The van der Waals surface area contributed by atoms with Gasteiger partial charge >= 0.3 is 12.1 Å². The monoisotopic (exact) mass is 245 g/mol. The summed E-state index contributed by atoms with van der Waals surface area (Å²) in [7, 11) is 0. The molecule has 0 aromatic rings. The number of aliphatic hydroxyl groups is 1. The fraction of sp³-hybridized carbons (Fsp3) is 0.818. The van der Waals surface area contributed by atoms with Crippen molar-refractivity contribution in [1.29, 1.82) is 0 Å². The molecule has 1 aliphatic heterocycles. The number of carboxylic acid groups (broad SMARTS) is 1. The third-order valence-electron chi connectivity index (χ3n) is 2.43. The Morgan fingerprint density at radius 1 is 1.41 bits per heavy atom. The number of carbonyl (C=O) groups is 2. The first-order valence-corrected chi connectivity index (χ1v) is 5.58. The van der Waals surface area contributed by atoms with Crippen LogP contribution in [0.3, 0.4) is 0 Å². The summed E-state index contributed by atoms with van der Waals surface area (Å²) < 4.78 is 5.16. The summed E-state index contributed by atoms with van der Waals surface area (Å²) >= 11 is 0. The SMILES string of the molecule is CC(C)(C)OC(=O)N1C[C@@H](O)C[C@H]1CC(=O)O. The van der Waals surface area contributed by atoms with Crippen molar-refractivity contribution in [1.82, 2.24) is 4.90 Å². The van der Waals surface area contributed by atoms with Crippen LogP contribution in [0.4, 0.5) is 4.79 Å². The largest absolute Gasteiger partial charge is 0.481 e. The second-order valence-corrected chi connectivity index (χ2v) is 5.27. The predicted molar refractivity (Wildman–Crippen MR) is 59.6 cm³/mol. The third kappa shape index (κ3) is 4.22. The Morgan fingerprint density at radius 2 is 2.00 bits per heavy atom. The summed E-state index contributed by atoms with van der Waals surface area (Å²) in [5.41, 5.74) is -0.627. The minimum atomic E-state index is -0.988. The number of nitrogens with zero attached hydrogens (tertiary/aromatic N) is 1. The first kappa shape index (κ1) is 13.8. The van der Waals surface area contributed by atoms with Gasteiger partial charge in [-0.3, -0.25) is 4.79 Å². The van der Waals surface area contributed by atoms with Crippen LogP contribution in [0.15, 0.2) is 0 Å². The number of likely N-dealkylation sites (tertiary alicyclic amines) is 1. The Labute approximate surface area is 100 Å². The highest BCUT2D eigenvalue weighted by Gasteiger charge is 2.37. The number of ether oxygens (including phenoxy) is 1. The van der Waals surface area contributed by atoms with Crippen molar-refractivity contribution in [3.8, 4) is 0 Å². The second-order valence-electron chi connectivity index (χ2n) is 5.27. The van der Waals surface area contributed by atoms with Gasteiger partial charge in [0.1, 0.15) is 5.60 Å². The van der Waals surface area contributed by atoms with Gasteiger partial charge in [0.15, 0.2) is 0 Å². The molecular weight excluding hydrogens is 226 g/mol. The molecule has 2 N–H and O–H groups in total. The lowest BCUT2D eigenvalue weighted by Gasteiger charge is -2.27. The number of aliphatic hydroxyl groups excluding tert-OH is 1. The fourth-order valence-corrected chi connectivity index (χ4v) is 1.83. The van der Waals surface area contributed by atoms with Gasteiger partial charge < -0.3 is 19.8 Å². The molecule has 1 saturated heterocycles. The summed E-state index contributed by atoms with van der Waals surface area (Å²) in [5, 5.41) is 18.2. The topological polar surface area (TPSA) is 87.1 Å². The Hall–Kier alpha value is -1.30. The van der Waals surface area contributed by atoms with E-state index in [2.05, 4.69) is 0 Å². The number of amides is 1. The van der Waals surface area contributed by atoms with E-state index in [0.717, 1.165) is 0 Å². The number of hydrogen-bond acceptors (Lipinski definition) is 4. The van der Waals surface area contributed by atoms with Gasteiger partial charge in [-0.25, -0.2) is 4.79 Å². The molecule has 98 valence electrons. The van der Waals surface area contributed by atoms with Crippen LogP contribution in [0, 0.1) is 0 Å². The zero-order valence-corrected chi connectivity index (χ0v) is 10.3. The number of rotatable bonds is 2. The van der Waals surface area contributed by atoms with Crippen LogP contribution in [-0.2, 0) is 9.53 Å². The van der Waals surface area contributed by atoms with E-state index in [-0.39, 0.29) is 19.4 Å². The summed E-state index contributed by atoms with van der Waals surface area (Å²) in [4.78, 5) is 23.7. The third-order valence-corrected chi connectivity index (χ3v) is 2.43. The molecule has 0 aliphatic carbocycles. The van der Waals surface area contributed by atoms with E-state index in [9.17, 15) is 14.7 Å². The number of carboxylic acids is 1. The van der Waals surface area contributed by atoms with E-state index in [1.807, 2.05) is 0 Å². The summed E-state index contributed by atoms with van der Waals surface area (Å²) in [5.74, 6) is -0.988. The molecule has 6 heteroatoms. The van der Waals surface area contributed by atoms with Crippen molar-refractivity contribution >= 4 is 12.1 Å². The van der Waals surface area contributed by atoms with Gasteiger partial charge in [0.05, 0.1) is 19.1 Å². The quantitative estimate of drug-likeness (QED) is 0.752. The van der Waals surface area contributed by atoms with Gasteiger partial charge in [-0.05, 0) is 27.2 Å². The van der Waals surface area contributed by atoms with Crippen LogP contribution in [0.2, 0.25) is 0 Å². The first-order valence-electron chi connectivity index (χ1n) is 5.58. The lowest BCUT2D eigenvalue weighted by Crippen LogP contribution is -2.41. The molecule has 6 nitrogen and oxygen atoms in total. The lowest BCUT2D eigenvalue weighted by atomic mass is 10.1. The minimum absolute atomic E-state index is 0.132. The van der Waals surface area contributed by atoms with Crippen LogP contribution in [0.25, 0.3) is 0 Å². The number of β-amino-alcohol motifs (C(OH)–C–C–N with tert-alkyl or cyclic N) is 1. The Balaban J connectivity index is 2.66. The molecular formula is C11H19NO5. The molecule has 0 radical (unpaired) electrons. The van der Waals surface area contributed by atoms with Crippen LogP contribution in [-0.4, -0.2) is 51.5 Å². The van der Waals surface area contributed by atoms with Crippen molar-refractivity contribution in [2.24, 2.45) is 0 Å². The van der Waals surface area contributed by atoms with Crippen molar-refractivity contribution < 1.29 is 24.5 Å². The average molecular weight is 245 g/mol. The normalized spacial score (nSPS) is 24.8. The zero-order chi connectivity index (χ0) is 13.2. The Kier molecular flexibility index (Phi) is 3.98. The molecule has 0 spiro atoms. The number of carbonyl (C=O) groups excluding carboxylic acids is 1. The summed E-state index contributed by atoms with van der Waals surface area (Å²) in [6, 6.07) is -0.489. The summed E-state index contributed by atoms with van der Waals surface area (Å²) in [6.07, 6.45) is -1.13. The molecule has 1 heterocycles. The van der Waals surface area contributed by atoms with Crippen molar-refractivity contribution in [3.05, 3.63) is 0 Å². The molecule has 0 bridgehead atoms. The smallest absolute Gasteiger partial charge is 0.410 e. The van der Waals surface area contributed by atoms with Gasteiger partial charge in [-0.2, -0.15) is 0 Å². The van der Waals surface area contributed by atoms with E-state index in [4.69, 9.17) is 9.84 Å². The van der Waals surface area contributed by atoms with Gasteiger partial charge in [-0.15, -0.1) is 0 Å². The molecule has 0 unspecified atom stereocenters. The second kappa shape index (κ2) is 4.91. The highest BCUT2D eigenvalue weighted by Crippen LogP contribution is 2.23. The van der Waals surface area contributed by atoms with Crippen LogP contribution >= 0.6 is 0 Å². The molecule has 2 atom stereocenters. The van der Waals surface area contributed by atoms with Crippen LogP contribution < -0.4 is 0 Å². The van der Waals surface area contributed by atoms with Crippen molar-refractivity contribution in [2.75, 3.05) is 6.54 Å². The maximum absolute atomic E-state index is 11.8. The highest BCUT2D eigenvalue weighted by molar-refractivity contribution is 5.72. The molecule has 1 amide bonds. The van der Waals surface area contributed by atoms with E-state index < -0.39 is 29.8 Å². The minimum Gasteiger partial charge on any atom is -0.481 e. The number of hydrogen-bond donors (Lipinski definition) is 2. The highest BCUT2D eigenvalue weighted by atomic mass is 16.6. The van der Waals surface area contributed by atoms with E-state index in [0.29, 0.717) is 0 Å². The lowest BCUT2D eigenvalue weighted by molar-refractivity contribution is -0.138. The van der Waals surface area contributed by atoms with E-state index >= 15 is 0 Å². The van der Waals surface area contributed by atoms with E-state index in [1.54, 1.807) is 20.8 Å². The maximum Gasteiger partial charge on any atom is 0.410 e. The van der Waals surface area contributed by atoms with Gasteiger partial charge in [0, 0.05) is 6.04 Å². The van der Waals surface area contributed by atoms with Gasteiger partial charge in [-0.1, -0.05) is 0 Å². The zero-order valence-electron chi connectivity index (χ0n) is 10.3. The van der Waals surface area contributed by atoms with Gasteiger partial charge in [0.25, 0.3) is 0 Å². The fourth-order valence-electron chi connectivity index (χ4n) is 1.83. The van der Waals surface area contributed by atoms with E-state index in [1.165, 1.54) is 4.90 Å². The molecule has 0 aromatic carbocycles. The van der Waals surface area contributed by atoms with Gasteiger partial charge in [0.2, 0.25) is 0 Å². The molecule has 1 fully saturated rings. The van der Waals surface area contributed by atoms with Crippen LogP contribution in [0.5, 0.6) is 0 Å². The molecule has 0 aromatic heterocycles. The molecule has 17 heavy (non-hydrogen) atoms. The average Bonchev–Trinajstić information content (AvgIpc) is 2.42. The van der Waals surface area contributed by atoms with Crippen molar-refractivity contribution in [3.63, 3.8) is 0 Å². The Morgan fingerprint density at radius 3 is 2.47 bits per heavy atom. The standard InChI is InChI=1S/C11H19NO5/c1-11(2,3)17-10(16)12-6-8(13)4-7(12)5-9(14)15/h7-8,13H,4-6H2,1-3H3,(H,14,15)/t7-,8-/m0/s1. The molecule has 1 aliphatic rings. The predicted octanol–water partition coefficient (Wildman–Crippen LogP) is 0.831. The maximum atomic E-state index is 11.8. The first-order chi connectivity index (χ1) is 7.69. The Bertz CT molecular complexity index is 309. The molecule has 1 rings (SSSR count).